The third-order valence-electron chi connectivity index (χ3n) is 4.14. The van der Waals surface area contributed by atoms with Gasteiger partial charge in [-0.1, -0.05) is 13.8 Å². The molecule has 122 valence electrons. The molecule has 1 aromatic rings. The molecule has 0 radical (unpaired) electrons. The lowest BCUT2D eigenvalue weighted by Crippen LogP contribution is -2.54. The average Bonchev–Trinajstić information content (AvgIpc) is 2.53. The number of nitrogens with zero attached hydrogens (tertiary/aromatic N) is 2. The molecule has 1 fully saturated rings. The van der Waals surface area contributed by atoms with Crippen LogP contribution in [-0.4, -0.2) is 54.7 Å². The Kier molecular flexibility index (Phi) is 5.66. The fourth-order valence-corrected chi connectivity index (χ4v) is 2.65. The van der Waals surface area contributed by atoms with Crippen LogP contribution in [0, 0.1) is 5.92 Å². The van der Waals surface area contributed by atoms with Crippen LogP contribution in [-0.2, 0) is 4.79 Å². The van der Waals surface area contributed by atoms with Gasteiger partial charge in [0.2, 0.25) is 5.91 Å². The van der Waals surface area contributed by atoms with Crippen molar-refractivity contribution in [2.75, 3.05) is 37.6 Å². The standard InChI is InChI=1S/C17H27N3O2/c1-13(2)12-18-17(22)14(3)19-8-10-20(11-9-19)15-4-6-16(21)7-5-15/h4-7,13-14,21H,8-12H2,1-3H3,(H,18,22)/t14-/m1/s1. The first kappa shape index (κ1) is 16.6. The Morgan fingerprint density at radius 3 is 2.27 bits per heavy atom. The molecule has 2 rings (SSSR count). The minimum absolute atomic E-state index is 0.0827. The summed E-state index contributed by atoms with van der Waals surface area (Å²) in [5.74, 6) is 0.882. The summed E-state index contributed by atoms with van der Waals surface area (Å²) in [7, 11) is 0. The summed E-state index contributed by atoms with van der Waals surface area (Å²) in [6, 6.07) is 7.21. The van der Waals surface area contributed by atoms with E-state index in [0.717, 1.165) is 38.4 Å². The molecule has 1 heterocycles. The smallest absolute Gasteiger partial charge is 0.237 e. The highest BCUT2D eigenvalue weighted by Crippen LogP contribution is 2.20. The first-order valence-corrected chi connectivity index (χ1v) is 8.03. The molecular weight excluding hydrogens is 278 g/mol. The van der Waals surface area contributed by atoms with E-state index in [1.807, 2.05) is 19.1 Å². The van der Waals surface area contributed by atoms with Crippen molar-refractivity contribution in [3.05, 3.63) is 24.3 Å². The average molecular weight is 305 g/mol. The number of phenolic OH excluding ortho intramolecular Hbond substituents is 1. The highest BCUT2D eigenvalue weighted by atomic mass is 16.3. The van der Waals surface area contributed by atoms with Gasteiger partial charge in [0, 0.05) is 38.4 Å². The monoisotopic (exact) mass is 305 g/mol. The van der Waals surface area contributed by atoms with Crippen molar-refractivity contribution in [2.24, 2.45) is 5.92 Å². The lowest BCUT2D eigenvalue weighted by molar-refractivity contribution is -0.126. The zero-order chi connectivity index (χ0) is 16.1. The number of aromatic hydroxyl groups is 1. The van der Waals surface area contributed by atoms with Crippen molar-refractivity contribution < 1.29 is 9.90 Å². The Labute approximate surface area is 132 Å². The highest BCUT2D eigenvalue weighted by molar-refractivity contribution is 5.81. The summed E-state index contributed by atoms with van der Waals surface area (Å²) in [5.41, 5.74) is 1.12. The normalized spacial score (nSPS) is 17.5. The van der Waals surface area contributed by atoms with Gasteiger partial charge in [0.25, 0.3) is 0 Å². The molecule has 22 heavy (non-hydrogen) atoms. The Morgan fingerprint density at radius 1 is 1.14 bits per heavy atom. The Hall–Kier alpha value is -1.75. The molecule has 0 saturated carbocycles. The number of rotatable bonds is 5. The molecule has 0 unspecified atom stereocenters. The lowest BCUT2D eigenvalue weighted by atomic mass is 10.1. The molecule has 0 bridgehead atoms. The van der Waals surface area contributed by atoms with E-state index in [9.17, 15) is 9.90 Å². The van der Waals surface area contributed by atoms with Gasteiger partial charge in [0.1, 0.15) is 5.75 Å². The van der Waals surface area contributed by atoms with Gasteiger partial charge in [-0.25, -0.2) is 0 Å². The molecule has 1 amide bonds. The Balaban J connectivity index is 1.83. The lowest BCUT2D eigenvalue weighted by Gasteiger charge is -2.38. The van der Waals surface area contributed by atoms with E-state index in [2.05, 4.69) is 29.0 Å². The molecule has 5 nitrogen and oxygen atoms in total. The maximum atomic E-state index is 12.1. The van der Waals surface area contributed by atoms with Gasteiger partial charge >= 0.3 is 0 Å². The fourth-order valence-electron chi connectivity index (χ4n) is 2.65. The SMILES string of the molecule is CC(C)CNC(=O)[C@@H](C)N1CCN(c2ccc(O)cc2)CC1. The molecule has 0 spiro atoms. The van der Waals surface area contributed by atoms with Crippen LogP contribution in [0.4, 0.5) is 5.69 Å². The van der Waals surface area contributed by atoms with Crippen LogP contribution in [0.2, 0.25) is 0 Å². The maximum absolute atomic E-state index is 12.1. The second-order valence-electron chi connectivity index (χ2n) is 6.35. The Bertz CT molecular complexity index is 479. The highest BCUT2D eigenvalue weighted by Gasteiger charge is 2.25. The van der Waals surface area contributed by atoms with Crippen LogP contribution in [0.5, 0.6) is 5.75 Å². The molecule has 2 N–H and O–H groups in total. The molecule has 1 aliphatic heterocycles. The zero-order valence-corrected chi connectivity index (χ0v) is 13.7. The summed E-state index contributed by atoms with van der Waals surface area (Å²) in [4.78, 5) is 16.7. The molecule has 1 aromatic carbocycles. The second kappa shape index (κ2) is 7.49. The van der Waals surface area contributed by atoms with Crippen LogP contribution in [0.3, 0.4) is 0 Å². The number of carbonyl (C=O) groups is 1. The van der Waals surface area contributed by atoms with Crippen LogP contribution in [0.15, 0.2) is 24.3 Å². The van der Waals surface area contributed by atoms with E-state index in [-0.39, 0.29) is 17.7 Å². The molecular formula is C17H27N3O2. The minimum Gasteiger partial charge on any atom is -0.508 e. The third-order valence-corrected chi connectivity index (χ3v) is 4.14. The third kappa shape index (κ3) is 4.37. The summed E-state index contributed by atoms with van der Waals surface area (Å²) in [6.07, 6.45) is 0. The maximum Gasteiger partial charge on any atom is 0.237 e. The summed E-state index contributed by atoms with van der Waals surface area (Å²) < 4.78 is 0. The van der Waals surface area contributed by atoms with E-state index in [1.54, 1.807) is 12.1 Å². The van der Waals surface area contributed by atoms with Gasteiger partial charge in [-0.2, -0.15) is 0 Å². The van der Waals surface area contributed by atoms with Gasteiger partial charge in [0.15, 0.2) is 0 Å². The molecule has 1 saturated heterocycles. The molecule has 0 aliphatic carbocycles. The zero-order valence-electron chi connectivity index (χ0n) is 13.7. The first-order valence-electron chi connectivity index (χ1n) is 8.03. The van der Waals surface area contributed by atoms with Crippen molar-refractivity contribution in [3.63, 3.8) is 0 Å². The number of hydrogen-bond acceptors (Lipinski definition) is 4. The van der Waals surface area contributed by atoms with Crippen molar-refractivity contribution >= 4 is 11.6 Å². The predicted molar refractivity (Wildman–Crippen MR) is 89.2 cm³/mol. The fraction of sp³-hybridized carbons (Fsp3) is 0.588. The largest absolute Gasteiger partial charge is 0.508 e. The molecule has 0 aromatic heterocycles. The number of amides is 1. The van der Waals surface area contributed by atoms with Crippen LogP contribution >= 0.6 is 0 Å². The quantitative estimate of drug-likeness (QED) is 0.869. The number of anilines is 1. The van der Waals surface area contributed by atoms with E-state index in [0.29, 0.717) is 5.92 Å². The first-order chi connectivity index (χ1) is 10.5. The van der Waals surface area contributed by atoms with E-state index in [4.69, 9.17) is 0 Å². The number of phenols is 1. The predicted octanol–water partition coefficient (Wildman–Crippen LogP) is 1.67. The van der Waals surface area contributed by atoms with Gasteiger partial charge in [0.05, 0.1) is 6.04 Å². The second-order valence-corrected chi connectivity index (χ2v) is 6.35. The van der Waals surface area contributed by atoms with Gasteiger partial charge in [-0.05, 0) is 37.1 Å². The number of nitrogens with one attached hydrogen (secondary N) is 1. The van der Waals surface area contributed by atoms with E-state index >= 15 is 0 Å². The van der Waals surface area contributed by atoms with Crippen molar-refractivity contribution in [3.8, 4) is 5.75 Å². The van der Waals surface area contributed by atoms with E-state index in [1.165, 1.54) is 0 Å². The van der Waals surface area contributed by atoms with Crippen molar-refractivity contribution in [1.82, 2.24) is 10.2 Å². The summed E-state index contributed by atoms with van der Waals surface area (Å²) in [5, 5.41) is 12.4. The van der Waals surface area contributed by atoms with Gasteiger partial charge in [-0.3, -0.25) is 9.69 Å². The molecule has 1 atom stereocenters. The summed E-state index contributed by atoms with van der Waals surface area (Å²) >= 11 is 0. The van der Waals surface area contributed by atoms with Crippen LogP contribution in [0.1, 0.15) is 20.8 Å². The van der Waals surface area contributed by atoms with Gasteiger partial charge in [-0.15, -0.1) is 0 Å². The number of benzene rings is 1. The summed E-state index contributed by atoms with van der Waals surface area (Å²) in [6.45, 7) is 10.4. The Morgan fingerprint density at radius 2 is 1.73 bits per heavy atom. The van der Waals surface area contributed by atoms with Crippen molar-refractivity contribution in [1.29, 1.82) is 0 Å². The molecule has 5 heteroatoms. The van der Waals surface area contributed by atoms with E-state index < -0.39 is 0 Å². The minimum atomic E-state index is -0.0827. The topological polar surface area (TPSA) is 55.8 Å². The van der Waals surface area contributed by atoms with Gasteiger partial charge < -0.3 is 15.3 Å². The van der Waals surface area contributed by atoms with Crippen molar-refractivity contribution in [2.45, 2.75) is 26.8 Å². The van der Waals surface area contributed by atoms with Crippen LogP contribution < -0.4 is 10.2 Å². The molecule has 1 aliphatic rings. The number of hydrogen-bond donors (Lipinski definition) is 2. The van der Waals surface area contributed by atoms with Crippen LogP contribution in [0.25, 0.3) is 0 Å². The number of carbonyl (C=O) groups excluding carboxylic acids is 1. The number of piperazine rings is 1.